The Balaban J connectivity index is 1.86. The van der Waals surface area contributed by atoms with Gasteiger partial charge in [0.15, 0.2) is 11.5 Å². The number of phenols is 1. The van der Waals surface area contributed by atoms with Gasteiger partial charge in [0.1, 0.15) is 6.54 Å². The molecule has 2 aromatic rings. The van der Waals surface area contributed by atoms with Gasteiger partial charge in [-0.3, -0.25) is 10.1 Å². The Kier molecular flexibility index (Phi) is 6.93. The summed E-state index contributed by atoms with van der Waals surface area (Å²) in [5.74, 6) is -0.873. The van der Waals surface area contributed by atoms with Crippen molar-refractivity contribution in [1.29, 1.82) is 0 Å². The molecule has 1 aliphatic rings. The van der Waals surface area contributed by atoms with Crippen LogP contribution in [-0.2, 0) is 23.9 Å². The molecule has 13 heteroatoms. The third-order valence-electron chi connectivity index (χ3n) is 4.78. The van der Waals surface area contributed by atoms with Crippen molar-refractivity contribution in [3.05, 3.63) is 46.9 Å². The molecule has 0 radical (unpaired) electrons. The summed E-state index contributed by atoms with van der Waals surface area (Å²) in [7, 11) is 2.54. The van der Waals surface area contributed by atoms with E-state index in [1.54, 1.807) is 11.6 Å². The lowest BCUT2D eigenvalue weighted by Gasteiger charge is -2.19. The second-order valence-corrected chi connectivity index (χ2v) is 8.59. The first kappa shape index (κ1) is 24.5. The number of nitrogens with zero attached hydrogens (tertiary/aromatic N) is 3. The number of halogens is 3. The third-order valence-corrected chi connectivity index (χ3v) is 5.47. The molecule has 0 bridgehead atoms. The lowest BCUT2D eigenvalue weighted by Crippen LogP contribution is -2.88. The summed E-state index contributed by atoms with van der Waals surface area (Å²) in [5, 5.41) is 14.7. The first-order chi connectivity index (χ1) is 15.4. The van der Waals surface area contributed by atoms with Gasteiger partial charge in [0, 0.05) is 14.1 Å². The molecule has 0 fully saturated rings. The normalized spacial score (nSPS) is 16.1. The van der Waals surface area contributed by atoms with E-state index in [4.69, 9.17) is 4.42 Å². The summed E-state index contributed by atoms with van der Waals surface area (Å²) >= 11 is -1.95. The summed E-state index contributed by atoms with van der Waals surface area (Å²) < 4.78 is 65.3. The van der Waals surface area contributed by atoms with Gasteiger partial charge < -0.3 is 19.7 Å². The summed E-state index contributed by atoms with van der Waals surface area (Å²) in [5.41, 5.74) is -1.39. The fourth-order valence-corrected chi connectivity index (χ4v) is 3.66. The van der Waals surface area contributed by atoms with E-state index in [1.165, 1.54) is 14.1 Å². The van der Waals surface area contributed by atoms with Gasteiger partial charge in [0.25, 0.3) is 22.9 Å². The maximum Gasteiger partial charge on any atom is 0.417 e. The van der Waals surface area contributed by atoms with Gasteiger partial charge in [0.2, 0.25) is 5.84 Å². The van der Waals surface area contributed by atoms with E-state index >= 15 is 0 Å². The molecule has 2 heterocycles. The number of hydrogen-bond acceptors (Lipinski definition) is 5. The maximum absolute atomic E-state index is 13.4. The van der Waals surface area contributed by atoms with Crippen LogP contribution in [0.5, 0.6) is 5.75 Å². The van der Waals surface area contributed by atoms with Crippen molar-refractivity contribution >= 4 is 34.4 Å². The van der Waals surface area contributed by atoms with Crippen molar-refractivity contribution in [2.75, 3.05) is 19.4 Å². The molecule has 33 heavy (non-hydrogen) atoms. The molecule has 1 atom stereocenters. The predicted octanol–water partition coefficient (Wildman–Crippen LogP) is 2.39. The van der Waals surface area contributed by atoms with Crippen molar-refractivity contribution in [3.8, 4) is 5.75 Å². The van der Waals surface area contributed by atoms with Crippen molar-refractivity contribution < 1.29 is 37.0 Å². The topological polar surface area (TPSA) is 124 Å². The lowest BCUT2D eigenvalue weighted by atomic mass is 10.0. The van der Waals surface area contributed by atoms with E-state index in [0.717, 1.165) is 16.5 Å². The number of hydrogen-bond donors (Lipinski definition) is 3. The molecule has 9 nitrogen and oxygen atoms in total. The number of aromatic hydroxyl groups is 1. The molecule has 4 N–H and O–H groups in total. The zero-order valence-corrected chi connectivity index (χ0v) is 19.0. The highest BCUT2D eigenvalue weighted by Gasteiger charge is 2.38. The molecule has 1 amide bonds. The lowest BCUT2D eigenvalue weighted by molar-refractivity contribution is -0.556. The molecule has 0 spiro atoms. The number of furan rings is 1. The van der Waals surface area contributed by atoms with Crippen LogP contribution in [0.3, 0.4) is 0 Å². The van der Waals surface area contributed by atoms with Gasteiger partial charge in [-0.15, -0.1) is 8.80 Å². The molecule has 3 rings (SSSR count). The van der Waals surface area contributed by atoms with Gasteiger partial charge in [-0.05, 0) is 29.7 Å². The van der Waals surface area contributed by atoms with E-state index in [-0.39, 0.29) is 23.3 Å². The fourth-order valence-electron chi connectivity index (χ4n) is 2.99. The Bertz CT molecular complexity index is 1160. The molecule has 1 unspecified atom stereocenters. The van der Waals surface area contributed by atoms with Crippen LogP contribution in [0, 0.1) is 0 Å². The number of carbonyl (C=O) groups excluding carboxylic acids is 1. The van der Waals surface area contributed by atoms with Gasteiger partial charge in [0.05, 0.1) is 23.1 Å². The number of rotatable bonds is 5. The zero-order valence-electron chi connectivity index (χ0n) is 18.2. The first-order valence-corrected chi connectivity index (χ1v) is 10.9. The van der Waals surface area contributed by atoms with Crippen molar-refractivity contribution in [2.45, 2.75) is 32.5 Å². The molecular formula is C20H23F3N5O4S+. The van der Waals surface area contributed by atoms with Crippen LogP contribution in [0.25, 0.3) is 0 Å². The van der Waals surface area contributed by atoms with Crippen LogP contribution >= 0.6 is 0 Å². The Morgan fingerprint density at radius 2 is 2.00 bits per heavy atom. The van der Waals surface area contributed by atoms with Crippen LogP contribution in [0.4, 0.5) is 18.9 Å². The van der Waals surface area contributed by atoms with E-state index in [0.29, 0.717) is 18.4 Å². The number of amides is 1. The monoisotopic (exact) mass is 486 g/mol. The molecule has 0 saturated heterocycles. The number of alkyl halides is 3. The van der Waals surface area contributed by atoms with Crippen LogP contribution in [-0.4, -0.2) is 45.9 Å². The number of nitrogens with two attached hydrogens (primary N) is 1. The number of anilines is 1. The third kappa shape index (κ3) is 5.42. The van der Waals surface area contributed by atoms with Crippen molar-refractivity contribution in [3.63, 3.8) is 0 Å². The van der Waals surface area contributed by atoms with Crippen molar-refractivity contribution in [1.82, 2.24) is 4.90 Å². The van der Waals surface area contributed by atoms with Crippen molar-refractivity contribution in [2.24, 2.45) is 8.80 Å². The smallest absolute Gasteiger partial charge is 0.417 e. The Hall–Kier alpha value is -3.19. The highest BCUT2D eigenvalue weighted by molar-refractivity contribution is 7.83. The average molecular weight is 486 g/mol. The molecule has 178 valence electrons. The van der Waals surface area contributed by atoms with E-state index in [2.05, 4.69) is 14.1 Å². The van der Waals surface area contributed by atoms with Gasteiger partial charge in [-0.25, -0.2) is 4.21 Å². The largest absolute Gasteiger partial charge is 0.505 e. The number of carbonyl (C=O) groups is 1. The van der Waals surface area contributed by atoms with E-state index in [1.807, 2.05) is 19.9 Å². The van der Waals surface area contributed by atoms with E-state index in [9.17, 15) is 27.3 Å². The molecule has 1 aromatic carbocycles. The molecule has 1 aliphatic heterocycles. The maximum atomic E-state index is 13.4. The number of amidine groups is 2. The minimum absolute atomic E-state index is 0.0257. The molecular weight excluding hydrogens is 463 g/mol. The molecule has 0 aliphatic carbocycles. The predicted molar refractivity (Wildman–Crippen MR) is 116 cm³/mol. The Morgan fingerprint density at radius 1 is 1.30 bits per heavy atom. The number of nitrogens with one attached hydrogen (secondary N) is 1. The number of quaternary nitrogens is 1. The summed E-state index contributed by atoms with van der Waals surface area (Å²) in [6, 6.07) is 3.52. The van der Waals surface area contributed by atoms with Crippen LogP contribution in [0.1, 0.15) is 47.0 Å². The van der Waals surface area contributed by atoms with Crippen LogP contribution in [0.2, 0.25) is 0 Å². The second-order valence-electron chi connectivity index (χ2n) is 7.76. The van der Waals surface area contributed by atoms with Crippen LogP contribution < -0.4 is 10.6 Å². The SMILES string of the molecule is CC(C)c1coc(C[NH2+]C2=NS(=O)N=C2Nc2ccc(C(F)(F)F)c(C(=O)N(C)C)c2O)c1. The quantitative estimate of drug-likeness (QED) is 0.560. The Labute approximate surface area is 190 Å². The minimum Gasteiger partial charge on any atom is -0.505 e. The summed E-state index contributed by atoms with van der Waals surface area (Å²) in [6.07, 6.45) is -3.22. The van der Waals surface area contributed by atoms with E-state index < -0.39 is 40.1 Å². The number of benzene rings is 1. The minimum atomic E-state index is -4.86. The van der Waals surface area contributed by atoms with Gasteiger partial charge >= 0.3 is 6.18 Å². The van der Waals surface area contributed by atoms with Gasteiger partial charge in [-0.2, -0.15) is 13.2 Å². The standard InChI is InChI=1S/C20H22F3N5O4S/c1-10(2)11-7-12(32-9-11)8-24-17-18(27-33(31)26-17)25-14-6-5-13(20(21,22)23)15(16(14)29)19(30)28(3)4/h5-7,9-10,29H,8H2,1-4H3,(H,24,26)(H,25,27)/p+1. The highest BCUT2D eigenvalue weighted by atomic mass is 32.2. The van der Waals surface area contributed by atoms with Crippen LogP contribution in [0.15, 0.2) is 37.7 Å². The number of phenolic OH excluding ortho intramolecular Hbond substituents is 1. The Morgan fingerprint density at radius 3 is 2.58 bits per heavy atom. The molecule has 1 aromatic heterocycles. The molecule has 0 saturated carbocycles. The van der Waals surface area contributed by atoms with Gasteiger partial charge in [-0.1, -0.05) is 13.8 Å². The fraction of sp³-hybridized carbons (Fsp3) is 0.350. The average Bonchev–Trinajstić information content (AvgIpc) is 3.32. The zero-order chi connectivity index (χ0) is 24.5. The second kappa shape index (κ2) is 9.35. The highest BCUT2D eigenvalue weighted by Crippen LogP contribution is 2.40. The summed E-state index contributed by atoms with van der Waals surface area (Å²) in [4.78, 5) is 13.3. The summed E-state index contributed by atoms with van der Waals surface area (Å²) in [6.45, 7) is 4.33. The first-order valence-electron chi connectivity index (χ1n) is 9.80.